The first kappa shape index (κ1) is 39.0. The second-order valence-corrected chi connectivity index (χ2v) is 13.6. The number of thioether (sulfide) groups is 1. The molecule has 0 spiro atoms. The van der Waals surface area contributed by atoms with E-state index in [0.717, 1.165) is 6.42 Å². The molecule has 2 atom stereocenters. The van der Waals surface area contributed by atoms with Crippen LogP contribution in [0.3, 0.4) is 0 Å². The highest BCUT2D eigenvalue weighted by molar-refractivity contribution is 8.00. The highest BCUT2D eigenvalue weighted by Crippen LogP contribution is 2.34. The van der Waals surface area contributed by atoms with Crippen LogP contribution in [0.25, 0.3) is 10.4 Å². The Morgan fingerprint density at radius 2 is 1.52 bits per heavy atom. The lowest BCUT2D eigenvalue weighted by Crippen LogP contribution is -2.42. The summed E-state index contributed by atoms with van der Waals surface area (Å²) in [5, 5.41) is 8.21. The largest absolute Gasteiger partial charge is 0.460 e. The summed E-state index contributed by atoms with van der Waals surface area (Å²) < 4.78 is 5.60. The fourth-order valence-electron chi connectivity index (χ4n) is 3.91. The van der Waals surface area contributed by atoms with Gasteiger partial charge in [-0.1, -0.05) is 5.11 Å². The normalized spacial score (nSPS) is 12.8. The van der Waals surface area contributed by atoms with Crippen molar-refractivity contribution >= 4 is 41.4 Å². The average Bonchev–Trinajstić information content (AvgIpc) is 2.88. The van der Waals surface area contributed by atoms with Crippen molar-refractivity contribution in [1.82, 2.24) is 20.4 Å². The number of esters is 1. The fraction of sp³-hybridized carbons (Fsp3) is 0.821. The van der Waals surface area contributed by atoms with Crippen LogP contribution in [0, 0.1) is 11.3 Å². The maximum atomic E-state index is 13.3. The molecule has 14 heteroatoms. The van der Waals surface area contributed by atoms with Crippen LogP contribution >= 0.6 is 11.8 Å². The van der Waals surface area contributed by atoms with Crippen LogP contribution in [0.2, 0.25) is 0 Å². The van der Waals surface area contributed by atoms with Crippen LogP contribution in [-0.2, 0) is 28.7 Å². The number of nitrogens with one attached hydrogen (secondary N) is 2. The topological polar surface area (TPSA) is 174 Å². The minimum atomic E-state index is -0.966. The molecule has 0 heterocycles. The highest BCUT2D eigenvalue weighted by atomic mass is 32.2. The molecule has 0 rings (SSSR count). The van der Waals surface area contributed by atoms with Crippen molar-refractivity contribution in [2.75, 3.05) is 53.6 Å². The number of nitrogens with zero attached hydrogens (tertiary/aromatic N) is 5. The molecular weight excluding hydrogens is 562 g/mol. The summed E-state index contributed by atoms with van der Waals surface area (Å²) in [5.41, 5.74) is 6.62. The Morgan fingerprint density at radius 1 is 0.929 bits per heavy atom. The van der Waals surface area contributed by atoms with E-state index in [9.17, 15) is 24.0 Å². The maximum absolute atomic E-state index is 13.3. The number of amides is 4. The van der Waals surface area contributed by atoms with Crippen molar-refractivity contribution in [3.63, 3.8) is 0 Å². The number of carbonyl (C=O) groups is 5. The first-order valence-corrected chi connectivity index (χ1v) is 15.3. The zero-order valence-corrected chi connectivity index (χ0v) is 27.6. The van der Waals surface area contributed by atoms with Crippen LogP contribution < -0.4 is 10.6 Å². The van der Waals surface area contributed by atoms with Gasteiger partial charge in [0.25, 0.3) is 0 Å². The molecule has 0 aromatic rings. The minimum absolute atomic E-state index is 0.0554. The van der Waals surface area contributed by atoms with Crippen LogP contribution in [-0.4, -0.2) is 104 Å². The predicted molar refractivity (Wildman–Crippen MR) is 164 cm³/mol. The molecule has 0 bridgehead atoms. The molecule has 0 aromatic heterocycles. The third-order valence-electron chi connectivity index (χ3n) is 6.18. The van der Waals surface area contributed by atoms with Gasteiger partial charge >= 0.3 is 5.97 Å². The molecular formula is C28H51N7O6S. The summed E-state index contributed by atoms with van der Waals surface area (Å²) in [4.78, 5) is 68.6. The third-order valence-corrected chi connectivity index (χ3v) is 7.42. The number of rotatable bonds is 19. The van der Waals surface area contributed by atoms with Gasteiger partial charge in [-0.25, -0.2) is 0 Å². The van der Waals surface area contributed by atoms with Crippen LogP contribution in [0.5, 0.6) is 0 Å². The van der Waals surface area contributed by atoms with Gasteiger partial charge in [-0.05, 0) is 72.3 Å². The van der Waals surface area contributed by atoms with Gasteiger partial charge in [0.2, 0.25) is 23.6 Å². The number of unbranched alkanes of at least 4 members (excludes halogenated alkanes) is 2. The van der Waals surface area contributed by atoms with Crippen LogP contribution in [0.1, 0.15) is 73.1 Å². The Labute approximate surface area is 254 Å². The van der Waals surface area contributed by atoms with Crippen molar-refractivity contribution in [2.45, 2.75) is 84.0 Å². The van der Waals surface area contributed by atoms with Crippen molar-refractivity contribution in [1.29, 1.82) is 0 Å². The average molecular weight is 614 g/mol. The number of hydrogen-bond acceptors (Lipinski definition) is 8. The van der Waals surface area contributed by atoms with Gasteiger partial charge in [0.05, 0.1) is 10.7 Å². The van der Waals surface area contributed by atoms with E-state index in [-0.39, 0.29) is 49.4 Å². The summed E-state index contributed by atoms with van der Waals surface area (Å²) >= 11 is 1.33. The molecule has 0 fully saturated rings. The Kier molecular flexibility index (Phi) is 17.9. The number of azide groups is 1. The zero-order chi connectivity index (χ0) is 32.5. The van der Waals surface area contributed by atoms with Crippen LogP contribution in [0.15, 0.2) is 5.11 Å². The van der Waals surface area contributed by atoms with E-state index in [1.165, 1.54) is 21.6 Å². The number of carbonyl (C=O) groups excluding carboxylic acids is 5. The second kappa shape index (κ2) is 19.2. The Hall–Kier alpha value is -2.99. The predicted octanol–water partition coefficient (Wildman–Crippen LogP) is 3.13. The van der Waals surface area contributed by atoms with Gasteiger partial charge in [-0.3, -0.25) is 24.0 Å². The van der Waals surface area contributed by atoms with Crippen molar-refractivity contribution < 1.29 is 28.7 Å². The Bertz CT molecular complexity index is 959. The van der Waals surface area contributed by atoms with E-state index >= 15 is 0 Å². The molecule has 2 N–H and O–H groups in total. The molecule has 0 aliphatic rings. The Balaban J connectivity index is 5.43. The van der Waals surface area contributed by atoms with Crippen molar-refractivity contribution in [3.8, 4) is 0 Å². The summed E-state index contributed by atoms with van der Waals surface area (Å²) in [6.07, 6.45) is 2.78. The quantitative estimate of drug-likeness (QED) is 0.0740. The maximum Gasteiger partial charge on any atom is 0.312 e. The highest BCUT2D eigenvalue weighted by Gasteiger charge is 2.39. The molecule has 2 unspecified atom stereocenters. The molecule has 4 amide bonds. The van der Waals surface area contributed by atoms with E-state index in [1.807, 2.05) is 0 Å². The van der Waals surface area contributed by atoms with Crippen molar-refractivity contribution in [2.24, 2.45) is 16.4 Å². The van der Waals surface area contributed by atoms with Gasteiger partial charge in [0, 0.05) is 64.3 Å². The third kappa shape index (κ3) is 17.1. The van der Waals surface area contributed by atoms with Gasteiger partial charge in [0.15, 0.2) is 0 Å². The summed E-state index contributed by atoms with van der Waals surface area (Å²) in [6, 6.07) is 0. The molecule has 13 nitrogen and oxygen atoms in total. The molecule has 0 aliphatic carbocycles. The molecule has 0 aromatic carbocycles. The van der Waals surface area contributed by atoms with Gasteiger partial charge < -0.3 is 25.2 Å². The van der Waals surface area contributed by atoms with E-state index in [0.29, 0.717) is 31.7 Å². The molecule has 0 radical (unpaired) electrons. The van der Waals surface area contributed by atoms with E-state index in [2.05, 4.69) is 20.7 Å². The lowest BCUT2D eigenvalue weighted by Gasteiger charge is -2.33. The van der Waals surface area contributed by atoms with E-state index in [1.54, 1.807) is 62.8 Å². The summed E-state index contributed by atoms with van der Waals surface area (Å²) in [7, 11) is 6.64. The standard InChI is InChI=1S/C28H51N7O6S/c1-27(2,3)41-26(40)28(4,5)18-20(25(39)35(8)9)17-21(42-16-13-23(37)34(6)7)24(38)31-15-12-10-11-14-30-22(36)19-32-33-29/h20-21H,10-19H2,1-9H3,(H,30,36)(H,31,38). The van der Waals surface area contributed by atoms with Crippen LogP contribution in [0.4, 0.5) is 0 Å². The lowest BCUT2D eigenvalue weighted by molar-refractivity contribution is -0.167. The smallest absolute Gasteiger partial charge is 0.312 e. The van der Waals surface area contributed by atoms with Gasteiger partial charge in [-0.15, -0.1) is 11.8 Å². The van der Waals surface area contributed by atoms with Gasteiger partial charge in [0.1, 0.15) is 12.1 Å². The first-order valence-electron chi connectivity index (χ1n) is 14.2. The summed E-state index contributed by atoms with van der Waals surface area (Å²) in [6.45, 7) is 9.47. The molecule has 0 saturated carbocycles. The minimum Gasteiger partial charge on any atom is -0.460 e. The summed E-state index contributed by atoms with van der Waals surface area (Å²) in [5.74, 6) is -1.44. The SMILES string of the molecule is CN(C)C(=O)CCSC(CC(CC(C)(C)C(=O)OC(C)(C)C)C(=O)N(C)C)C(=O)NCCCCCNC(=O)CN=[N+]=[N-]. The molecule has 42 heavy (non-hydrogen) atoms. The first-order chi connectivity index (χ1) is 19.4. The van der Waals surface area contributed by atoms with Crippen molar-refractivity contribution in [3.05, 3.63) is 10.4 Å². The number of ether oxygens (including phenoxy) is 1. The fourth-order valence-corrected chi connectivity index (χ4v) is 5.09. The monoisotopic (exact) mass is 613 g/mol. The van der Waals surface area contributed by atoms with Gasteiger partial charge in [-0.2, -0.15) is 0 Å². The lowest BCUT2D eigenvalue weighted by atomic mass is 9.80. The second-order valence-electron chi connectivity index (χ2n) is 12.2. The molecule has 0 aliphatic heterocycles. The van der Waals surface area contributed by atoms with E-state index < -0.39 is 28.2 Å². The number of hydrogen-bond donors (Lipinski definition) is 2. The Morgan fingerprint density at radius 3 is 2.05 bits per heavy atom. The zero-order valence-electron chi connectivity index (χ0n) is 26.8. The molecule has 240 valence electrons. The molecule has 0 saturated heterocycles. The van der Waals surface area contributed by atoms with E-state index in [4.69, 9.17) is 10.3 Å².